The zero-order chi connectivity index (χ0) is 27.0. The number of benzene rings is 4. The molecule has 0 saturated carbocycles. The van der Waals surface area contributed by atoms with Crippen molar-refractivity contribution in [2.24, 2.45) is 0 Å². The van der Waals surface area contributed by atoms with Gasteiger partial charge in [-0.15, -0.1) is 0 Å². The highest BCUT2D eigenvalue weighted by Crippen LogP contribution is 2.37. The van der Waals surface area contributed by atoms with Crippen LogP contribution >= 0.6 is 0 Å². The van der Waals surface area contributed by atoms with E-state index in [4.69, 9.17) is 5.26 Å². The molecule has 4 aromatic carbocycles. The molecule has 1 amide bonds. The fraction of sp³-hybridized carbons (Fsp3) is 0.0625. The molecule has 38 heavy (non-hydrogen) atoms. The summed E-state index contributed by atoms with van der Waals surface area (Å²) in [5, 5.41) is 8.87. The summed E-state index contributed by atoms with van der Waals surface area (Å²) in [6.07, 6.45) is 4.89. The Morgan fingerprint density at radius 2 is 1.39 bits per heavy atom. The summed E-state index contributed by atoms with van der Waals surface area (Å²) in [7, 11) is -4.04. The van der Waals surface area contributed by atoms with Crippen molar-refractivity contribution < 1.29 is 13.2 Å². The molecule has 0 aliphatic rings. The Hall–Kier alpha value is -4.73. The van der Waals surface area contributed by atoms with E-state index in [2.05, 4.69) is 30.3 Å². The molecule has 1 N–H and O–H groups in total. The standard InChI is InChI=1S/C32H26N2O3S/c1-2-30(26-9-5-3-6-10-26)32(27-11-7-4-8-12-27)28-18-13-24(14-19-28)17-22-31(35)34-38(36,37)29-20-15-25(23-33)16-21-29/h2-22,32H,1H3,(H,34,35). The first-order valence-corrected chi connectivity index (χ1v) is 13.5. The van der Waals surface area contributed by atoms with Crippen LogP contribution in [-0.2, 0) is 14.8 Å². The van der Waals surface area contributed by atoms with Gasteiger partial charge in [0.1, 0.15) is 0 Å². The van der Waals surface area contributed by atoms with Crippen molar-refractivity contribution >= 4 is 27.6 Å². The first kappa shape index (κ1) is 26.3. The summed E-state index contributed by atoms with van der Waals surface area (Å²) >= 11 is 0. The molecule has 4 aromatic rings. The molecule has 0 fully saturated rings. The van der Waals surface area contributed by atoms with Crippen LogP contribution in [0.1, 0.15) is 40.7 Å². The quantitative estimate of drug-likeness (QED) is 0.277. The van der Waals surface area contributed by atoms with E-state index in [-0.39, 0.29) is 10.8 Å². The summed E-state index contributed by atoms with van der Waals surface area (Å²) in [6, 6.07) is 35.7. The fourth-order valence-corrected chi connectivity index (χ4v) is 5.18. The van der Waals surface area contributed by atoms with Crippen LogP contribution in [-0.4, -0.2) is 14.3 Å². The van der Waals surface area contributed by atoms with Crippen molar-refractivity contribution in [3.8, 4) is 6.07 Å². The molecule has 0 aliphatic carbocycles. The zero-order valence-electron chi connectivity index (χ0n) is 20.8. The highest BCUT2D eigenvalue weighted by atomic mass is 32.2. The normalized spacial score (nSPS) is 12.6. The van der Waals surface area contributed by atoms with Gasteiger partial charge < -0.3 is 0 Å². The van der Waals surface area contributed by atoms with Crippen molar-refractivity contribution in [2.45, 2.75) is 17.7 Å². The molecule has 1 unspecified atom stereocenters. The van der Waals surface area contributed by atoms with Gasteiger partial charge in [-0.3, -0.25) is 4.79 Å². The monoisotopic (exact) mass is 518 g/mol. The maximum absolute atomic E-state index is 12.5. The SMILES string of the molecule is CC=C(c1ccccc1)C(c1ccccc1)c1ccc(C=CC(=O)NS(=O)(=O)c2ccc(C#N)cc2)cc1. The Kier molecular flexibility index (Phi) is 8.32. The average Bonchev–Trinajstić information content (AvgIpc) is 2.96. The molecule has 6 heteroatoms. The van der Waals surface area contributed by atoms with Crippen LogP contribution in [0.15, 0.2) is 126 Å². The number of nitriles is 1. The highest BCUT2D eigenvalue weighted by Gasteiger charge is 2.20. The lowest BCUT2D eigenvalue weighted by molar-refractivity contribution is -0.114. The maximum Gasteiger partial charge on any atom is 0.264 e. The van der Waals surface area contributed by atoms with Gasteiger partial charge in [-0.05, 0) is 65.1 Å². The fourth-order valence-electron chi connectivity index (χ4n) is 4.23. The first-order valence-electron chi connectivity index (χ1n) is 12.0. The minimum absolute atomic E-state index is 0.0162. The number of amides is 1. The van der Waals surface area contributed by atoms with E-state index < -0.39 is 15.9 Å². The molecule has 4 rings (SSSR count). The Labute approximate surface area is 223 Å². The number of carbonyl (C=O) groups is 1. The van der Waals surface area contributed by atoms with Gasteiger partial charge in [-0.25, -0.2) is 13.1 Å². The Morgan fingerprint density at radius 1 is 0.816 bits per heavy atom. The molecule has 0 heterocycles. The predicted octanol–water partition coefficient (Wildman–Crippen LogP) is 6.31. The molecular formula is C32H26N2O3S. The Morgan fingerprint density at radius 3 is 1.97 bits per heavy atom. The van der Waals surface area contributed by atoms with Crippen LogP contribution in [0.25, 0.3) is 11.6 Å². The van der Waals surface area contributed by atoms with Gasteiger partial charge in [0.25, 0.3) is 15.9 Å². The number of nitrogens with zero attached hydrogens (tertiary/aromatic N) is 1. The molecule has 0 bridgehead atoms. The van der Waals surface area contributed by atoms with Gasteiger partial charge in [-0.1, -0.05) is 91.0 Å². The Bertz CT molecular complexity index is 1600. The molecule has 1 atom stereocenters. The molecule has 0 spiro atoms. The lowest BCUT2D eigenvalue weighted by atomic mass is 9.81. The Balaban J connectivity index is 1.54. The number of hydrogen-bond donors (Lipinski definition) is 1. The minimum atomic E-state index is -4.04. The number of hydrogen-bond acceptors (Lipinski definition) is 4. The van der Waals surface area contributed by atoms with E-state index in [1.165, 1.54) is 41.5 Å². The van der Waals surface area contributed by atoms with Crippen LogP contribution in [0.4, 0.5) is 0 Å². The first-order chi connectivity index (χ1) is 18.4. The van der Waals surface area contributed by atoms with E-state index in [0.717, 1.165) is 16.7 Å². The summed E-state index contributed by atoms with van der Waals surface area (Å²) in [4.78, 5) is 12.2. The third-order valence-corrected chi connectivity index (χ3v) is 7.45. The van der Waals surface area contributed by atoms with E-state index in [1.807, 2.05) is 78.4 Å². The molecule has 5 nitrogen and oxygen atoms in total. The van der Waals surface area contributed by atoms with Gasteiger partial charge in [0.2, 0.25) is 0 Å². The summed E-state index contributed by atoms with van der Waals surface area (Å²) in [5.41, 5.74) is 5.69. The largest absolute Gasteiger partial charge is 0.269 e. The number of rotatable bonds is 8. The van der Waals surface area contributed by atoms with Gasteiger partial charge in [0, 0.05) is 12.0 Å². The number of sulfonamides is 1. The van der Waals surface area contributed by atoms with Crippen molar-refractivity contribution in [2.75, 3.05) is 0 Å². The molecule has 0 saturated heterocycles. The van der Waals surface area contributed by atoms with E-state index >= 15 is 0 Å². The van der Waals surface area contributed by atoms with Gasteiger partial charge in [-0.2, -0.15) is 5.26 Å². The molecule has 0 aromatic heterocycles. The lowest BCUT2D eigenvalue weighted by Gasteiger charge is -2.22. The number of nitrogens with one attached hydrogen (secondary N) is 1. The van der Waals surface area contributed by atoms with Crippen LogP contribution < -0.4 is 4.72 Å². The minimum Gasteiger partial charge on any atom is -0.269 e. The third kappa shape index (κ3) is 6.33. The second-order valence-corrected chi connectivity index (χ2v) is 10.2. The van der Waals surface area contributed by atoms with Gasteiger partial charge in [0.05, 0.1) is 16.5 Å². The summed E-state index contributed by atoms with van der Waals surface area (Å²) < 4.78 is 27.0. The van der Waals surface area contributed by atoms with E-state index in [1.54, 1.807) is 6.08 Å². The van der Waals surface area contributed by atoms with Crippen molar-refractivity contribution in [3.63, 3.8) is 0 Å². The second-order valence-electron chi connectivity index (χ2n) is 8.56. The second kappa shape index (κ2) is 12.0. The van der Waals surface area contributed by atoms with Crippen LogP contribution in [0.2, 0.25) is 0 Å². The number of carbonyl (C=O) groups excluding carboxylic acids is 1. The lowest BCUT2D eigenvalue weighted by Crippen LogP contribution is -2.28. The van der Waals surface area contributed by atoms with Gasteiger partial charge >= 0.3 is 0 Å². The molecule has 0 radical (unpaired) electrons. The average molecular weight is 519 g/mol. The third-order valence-electron chi connectivity index (χ3n) is 6.09. The van der Waals surface area contributed by atoms with Crippen LogP contribution in [0.3, 0.4) is 0 Å². The van der Waals surface area contributed by atoms with Gasteiger partial charge in [0.15, 0.2) is 0 Å². The van der Waals surface area contributed by atoms with Crippen LogP contribution in [0.5, 0.6) is 0 Å². The summed E-state index contributed by atoms with van der Waals surface area (Å²) in [5.74, 6) is -0.747. The topological polar surface area (TPSA) is 87.0 Å². The highest BCUT2D eigenvalue weighted by molar-refractivity contribution is 7.90. The molecular weight excluding hydrogens is 492 g/mol. The van der Waals surface area contributed by atoms with Crippen LogP contribution in [0, 0.1) is 11.3 Å². The van der Waals surface area contributed by atoms with Crippen molar-refractivity contribution in [1.82, 2.24) is 4.72 Å². The van der Waals surface area contributed by atoms with Crippen molar-refractivity contribution in [1.29, 1.82) is 5.26 Å². The predicted molar refractivity (Wildman–Crippen MR) is 150 cm³/mol. The van der Waals surface area contributed by atoms with E-state index in [9.17, 15) is 13.2 Å². The van der Waals surface area contributed by atoms with E-state index in [0.29, 0.717) is 5.56 Å². The summed E-state index contributed by atoms with van der Waals surface area (Å²) in [6.45, 7) is 2.04. The smallest absolute Gasteiger partial charge is 0.264 e. The molecule has 0 aliphatic heterocycles. The molecule has 188 valence electrons. The van der Waals surface area contributed by atoms with Crippen molar-refractivity contribution in [3.05, 3.63) is 149 Å². The number of allylic oxidation sites excluding steroid dienone is 2. The maximum atomic E-state index is 12.5. The zero-order valence-corrected chi connectivity index (χ0v) is 21.6.